The van der Waals surface area contributed by atoms with Gasteiger partial charge in [-0.05, 0) is 49.3 Å². The summed E-state index contributed by atoms with van der Waals surface area (Å²) >= 11 is 1.55. The molecule has 1 aliphatic carbocycles. The van der Waals surface area contributed by atoms with Crippen molar-refractivity contribution >= 4 is 28.2 Å². The molecule has 2 amide bonds. The second-order valence-corrected chi connectivity index (χ2v) is 7.51. The molecule has 0 bridgehead atoms. The van der Waals surface area contributed by atoms with Crippen molar-refractivity contribution in [3.63, 3.8) is 0 Å². The van der Waals surface area contributed by atoms with Crippen LogP contribution in [0.1, 0.15) is 50.1 Å². The molecule has 3 rings (SSSR count). The smallest absolute Gasteiger partial charge is 0.256 e. The molecule has 4 nitrogen and oxygen atoms in total. The van der Waals surface area contributed by atoms with E-state index in [1.54, 1.807) is 24.5 Å². The summed E-state index contributed by atoms with van der Waals surface area (Å²) < 4.78 is 0. The van der Waals surface area contributed by atoms with Crippen LogP contribution in [0.5, 0.6) is 0 Å². The van der Waals surface area contributed by atoms with E-state index in [0.717, 1.165) is 30.4 Å². The van der Waals surface area contributed by atoms with Gasteiger partial charge >= 0.3 is 0 Å². The number of amides is 2. The van der Waals surface area contributed by atoms with Gasteiger partial charge in [0.1, 0.15) is 5.00 Å². The summed E-state index contributed by atoms with van der Waals surface area (Å²) in [7, 11) is 1.63. The zero-order valence-corrected chi connectivity index (χ0v) is 15.0. The van der Waals surface area contributed by atoms with E-state index in [-0.39, 0.29) is 11.8 Å². The second-order valence-electron chi connectivity index (χ2n) is 6.40. The number of thiophene rings is 1. The van der Waals surface area contributed by atoms with Crippen molar-refractivity contribution in [3.8, 4) is 0 Å². The van der Waals surface area contributed by atoms with Crippen LogP contribution in [0.2, 0.25) is 0 Å². The van der Waals surface area contributed by atoms with Crippen LogP contribution in [0.3, 0.4) is 0 Å². The fraction of sp³-hybridized carbons (Fsp3) is 0.368. The molecule has 0 spiro atoms. The van der Waals surface area contributed by atoms with Crippen molar-refractivity contribution in [1.82, 2.24) is 5.32 Å². The maximum Gasteiger partial charge on any atom is 0.256 e. The normalized spacial score (nSPS) is 16.4. The predicted octanol–water partition coefficient (Wildman–Crippen LogP) is 3.79. The van der Waals surface area contributed by atoms with Crippen LogP contribution in [0.25, 0.3) is 0 Å². The lowest BCUT2D eigenvalue weighted by molar-refractivity contribution is 0.0963. The maximum atomic E-state index is 12.6. The number of hydrogen-bond donors (Lipinski definition) is 2. The van der Waals surface area contributed by atoms with E-state index in [1.165, 1.54) is 4.88 Å². The molecule has 0 aliphatic heterocycles. The highest BCUT2D eigenvalue weighted by Gasteiger charge is 2.28. The molecule has 1 heterocycles. The Balaban J connectivity index is 1.97. The molecule has 0 fully saturated rings. The third-order valence-electron chi connectivity index (χ3n) is 4.58. The monoisotopic (exact) mass is 342 g/mol. The molecule has 1 aromatic heterocycles. The molecule has 0 saturated carbocycles. The van der Waals surface area contributed by atoms with Crippen molar-refractivity contribution in [2.24, 2.45) is 5.92 Å². The molecule has 1 aliphatic rings. The molecule has 24 heavy (non-hydrogen) atoms. The highest BCUT2D eigenvalue weighted by Crippen LogP contribution is 2.39. The third kappa shape index (κ3) is 3.08. The van der Waals surface area contributed by atoms with Gasteiger partial charge in [0.05, 0.1) is 5.56 Å². The molecule has 1 aromatic carbocycles. The molecule has 0 saturated heterocycles. The zero-order valence-electron chi connectivity index (χ0n) is 14.2. The summed E-state index contributed by atoms with van der Waals surface area (Å²) in [5.74, 6) is 0.334. The number of aryl methyl sites for hydroxylation is 1. The lowest BCUT2D eigenvalue weighted by Crippen LogP contribution is -2.22. The van der Waals surface area contributed by atoms with Gasteiger partial charge in [-0.3, -0.25) is 9.59 Å². The quantitative estimate of drug-likeness (QED) is 0.891. The minimum absolute atomic E-state index is 0.123. The highest BCUT2D eigenvalue weighted by molar-refractivity contribution is 7.17. The number of hydrogen-bond acceptors (Lipinski definition) is 3. The predicted molar refractivity (Wildman–Crippen MR) is 98.0 cm³/mol. The summed E-state index contributed by atoms with van der Waals surface area (Å²) in [5.41, 5.74) is 3.32. The standard InChI is InChI=1S/C19H22N2O2S/c1-11-8-9-14-15(10-11)24-19(16(14)18(23)20-3)21-17(22)13-7-5-4-6-12(13)2/h4-7,11H,8-10H2,1-3H3,(H,20,23)(H,21,22). The molecule has 2 N–H and O–H groups in total. The number of fused-ring (bicyclic) bond motifs is 1. The Morgan fingerprint density at radius 1 is 1.21 bits per heavy atom. The van der Waals surface area contributed by atoms with Crippen molar-refractivity contribution in [2.45, 2.75) is 33.1 Å². The minimum Gasteiger partial charge on any atom is -0.355 e. The number of benzene rings is 1. The Kier molecular flexibility index (Phi) is 4.71. The molecule has 1 unspecified atom stereocenters. The largest absolute Gasteiger partial charge is 0.355 e. The minimum atomic E-state index is -0.162. The first-order valence-electron chi connectivity index (χ1n) is 8.24. The van der Waals surface area contributed by atoms with Gasteiger partial charge in [-0.1, -0.05) is 25.1 Å². The number of nitrogens with one attached hydrogen (secondary N) is 2. The average Bonchev–Trinajstić information content (AvgIpc) is 2.91. The van der Waals surface area contributed by atoms with E-state index in [9.17, 15) is 9.59 Å². The SMILES string of the molecule is CNC(=O)c1c(NC(=O)c2ccccc2C)sc2c1CCC(C)C2. The fourth-order valence-electron chi connectivity index (χ4n) is 3.20. The first kappa shape index (κ1) is 16.7. The Labute approximate surface area is 146 Å². The van der Waals surface area contributed by atoms with Gasteiger partial charge in [-0.15, -0.1) is 11.3 Å². The second kappa shape index (κ2) is 6.77. The zero-order chi connectivity index (χ0) is 17.3. The van der Waals surface area contributed by atoms with Crippen LogP contribution in [-0.2, 0) is 12.8 Å². The van der Waals surface area contributed by atoms with E-state index in [4.69, 9.17) is 0 Å². The number of rotatable bonds is 3. The Bertz CT molecular complexity index is 795. The van der Waals surface area contributed by atoms with Crippen molar-refractivity contribution < 1.29 is 9.59 Å². The Morgan fingerprint density at radius 3 is 2.67 bits per heavy atom. The fourth-order valence-corrected chi connectivity index (χ4v) is 4.61. The van der Waals surface area contributed by atoms with Crippen LogP contribution >= 0.6 is 11.3 Å². The van der Waals surface area contributed by atoms with Gasteiger partial charge in [-0.25, -0.2) is 0 Å². The summed E-state index contributed by atoms with van der Waals surface area (Å²) in [6.07, 6.45) is 2.96. The highest BCUT2D eigenvalue weighted by atomic mass is 32.1. The van der Waals surface area contributed by atoms with E-state index in [0.29, 0.717) is 22.0 Å². The van der Waals surface area contributed by atoms with Gasteiger partial charge in [-0.2, -0.15) is 0 Å². The Morgan fingerprint density at radius 2 is 1.96 bits per heavy atom. The third-order valence-corrected chi connectivity index (χ3v) is 5.75. The van der Waals surface area contributed by atoms with Crippen LogP contribution in [0.4, 0.5) is 5.00 Å². The van der Waals surface area contributed by atoms with Crippen LogP contribution in [-0.4, -0.2) is 18.9 Å². The number of carbonyl (C=O) groups excluding carboxylic acids is 2. The molecule has 5 heteroatoms. The topological polar surface area (TPSA) is 58.2 Å². The first-order valence-corrected chi connectivity index (χ1v) is 9.06. The number of carbonyl (C=O) groups is 2. The van der Waals surface area contributed by atoms with Gasteiger partial charge in [0, 0.05) is 17.5 Å². The van der Waals surface area contributed by atoms with Crippen molar-refractivity contribution in [3.05, 3.63) is 51.4 Å². The van der Waals surface area contributed by atoms with E-state index in [2.05, 4.69) is 17.6 Å². The van der Waals surface area contributed by atoms with Gasteiger partial charge in [0.25, 0.3) is 11.8 Å². The first-order chi connectivity index (χ1) is 11.5. The summed E-state index contributed by atoms with van der Waals surface area (Å²) in [4.78, 5) is 26.2. The van der Waals surface area contributed by atoms with E-state index < -0.39 is 0 Å². The molecular weight excluding hydrogens is 320 g/mol. The molecule has 126 valence electrons. The lowest BCUT2D eigenvalue weighted by Gasteiger charge is -2.18. The molecular formula is C19H22N2O2S. The van der Waals surface area contributed by atoms with Gasteiger partial charge in [0.2, 0.25) is 0 Å². The van der Waals surface area contributed by atoms with Crippen LogP contribution < -0.4 is 10.6 Å². The van der Waals surface area contributed by atoms with E-state index in [1.807, 2.05) is 25.1 Å². The van der Waals surface area contributed by atoms with Crippen molar-refractivity contribution in [1.29, 1.82) is 0 Å². The molecule has 2 aromatic rings. The number of anilines is 1. The average molecular weight is 342 g/mol. The summed E-state index contributed by atoms with van der Waals surface area (Å²) in [6, 6.07) is 7.48. The lowest BCUT2D eigenvalue weighted by atomic mass is 9.88. The molecule has 1 atom stereocenters. The molecule has 0 radical (unpaired) electrons. The maximum absolute atomic E-state index is 12.6. The Hall–Kier alpha value is -2.14. The van der Waals surface area contributed by atoms with Crippen molar-refractivity contribution in [2.75, 3.05) is 12.4 Å². The van der Waals surface area contributed by atoms with E-state index >= 15 is 0 Å². The summed E-state index contributed by atoms with van der Waals surface area (Å²) in [6.45, 7) is 4.14. The summed E-state index contributed by atoms with van der Waals surface area (Å²) in [5, 5.41) is 6.35. The van der Waals surface area contributed by atoms with Crippen LogP contribution in [0, 0.1) is 12.8 Å². The van der Waals surface area contributed by atoms with Gasteiger partial charge < -0.3 is 10.6 Å². The van der Waals surface area contributed by atoms with Crippen LogP contribution in [0.15, 0.2) is 24.3 Å². The van der Waals surface area contributed by atoms with Gasteiger partial charge in [0.15, 0.2) is 0 Å².